The lowest BCUT2D eigenvalue weighted by Gasteiger charge is -2.33. The van der Waals surface area contributed by atoms with Crippen LogP contribution in [0, 0.1) is 0 Å². The van der Waals surface area contributed by atoms with Gasteiger partial charge in [-0.3, -0.25) is 9.59 Å². The van der Waals surface area contributed by atoms with Crippen molar-refractivity contribution in [2.75, 3.05) is 37.9 Å². The molecular formula is C49H58N14O6. The lowest BCUT2D eigenvalue weighted by atomic mass is 10.0. The number of fused-ring (bicyclic) bond motifs is 6. The molecule has 2 atom stereocenters. The standard InChI is InChI=1S/C27H33N7O4.C22H25N7O2/c1-27(2,3)33(26(36)37)16-8-7-11-21(22(28)35)30-25-29-20-10-6-5-9-19(20)24-31-23(32-34(24)25)17-12-14-18(38-4)15-13-17;1-31-15-11-9-14(10-12-15)20-27-21-16-6-2-3-7-17(16)25-22(29(21)28-20)26-18(19(24)30)8-4-5-13-23/h5-6,9-10,12-15,21H,7-8,11,16H2,1-4H3,(H2,28,35)(H,29,30)(H,36,37);2-3,6-7,9-12,18H,4-5,8,13,23H2,1H3,(H2,24,30)(H,25,26)/t21-;18-/m00/s1. The van der Waals surface area contributed by atoms with Gasteiger partial charge >= 0.3 is 6.09 Å². The molecule has 0 aliphatic carbocycles. The van der Waals surface area contributed by atoms with E-state index in [9.17, 15) is 19.5 Å². The molecule has 0 aliphatic rings. The van der Waals surface area contributed by atoms with E-state index in [1.54, 1.807) is 23.3 Å². The number of hydrogen-bond acceptors (Lipinski definition) is 14. The minimum atomic E-state index is -0.969. The van der Waals surface area contributed by atoms with E-state index in [0.717, 1.165) is 51.8 Å². The van der Waals surface area contributed by atoms with Gasteiger partial charge in [0, 0.05) is 34.0 Å². The summed E-state index contributed by atoms with van der Waals surface area (Å²) in [4.78, 5) is 56.3. The zero-order valence-corrected chi connectivity index (χ0v) is 39.3. The fraction of sp³-hybridized carbons (Fsp3) is 0.327. The summed E-state index contributed by atoms with van der Waals surface area (Å²) in [5.41, 5.74) is 20.8. The quantitative estimate of drug-likeness (QED) is 0.0471. The Morgan fingerprint density at radius 1 is 0.638 bits per heavy atom. The van der Waals surface area contributed by atoms with Crippen LogP contribution in [0.1, 0.15) is 59.3 Å². The maximum absolute atomic E-state index is 12.4. The molecule has 20 heteroatoms. The molecule has 0 bridgehead atoms. The minimum absolute atomic E-state index is 0.344. The van der Waals surface area contributed by atoms with Gasteiger partial charge in [-0.15, -0.1) is 10.2 Å². The molecule has 0 spiro atoms. The monoisotopic (exact) mass is 938 g/mol. The van der Waals surface area contributed by atoms with Crippen LogP contribution in [0.2, 0.25) is 0 Å². The van der Waals surface area contributed by atoms with E-state index in [1.165, 1.54) is 4.90 Å². The fourth-order valence-electron chi connectivity index (χ4n) is 7.74. The number of unbranched alkanes of at least 4 members (excludes halogenated alkanes) is 2. The summed E-state index contributed by atoms with van der Waals surface area (Å²) in [5.74, 6) is 2.30. The highest BCUT2D eigenvalue weighted by atomic mass is 16.5. The van der Waals surface area contributed by atoms with Crippen molar-refractivity contribution < 1.29 is 29.0 Å². The highest BCUT2D eigenvalue weighted by Crippen LogP contribution is 2.28. The number of benzene rings is 4. The average molecular weight is 939 g/mol. The first-order chi connectivity index (χ1) is 33.2. The molecule has 0 unspecified atom stereocenters. The van der Waals surface area contributed by atoms with Crippen molar-refractivity contribution in [1.29, 1.82) is 0 Å². The van der Waals surface area contributed by atoms with Gasteiger partial charge in [-0.1, -0.05) is 24.3 Å². The Bertz CT molecular complexity index is 3060. The van der Waals surface area contributed by atoms with Crippen molar-refractivity contribution in [2.45, 2.75) is 76.9 Å². The largest absolute Gasteiger partial charge is 0.497 e. The topological polar surface area (TPSA) is 281 Å². The number of methoxy groups -OCH3 is 2. The molecule has 0 fully saturated rings. The van der Waals surface area contributed by atoms with Crippen LogP contribution in [0.5, 0.6) is 11.5 Å². The highest BCUT2D eigenvalue weighted by Gasteiger charge is 2.26. The number of amides is 3. The van der Waals surface area contributed by atoms with Gasteiger partial charge in [0.25, 0.3) is 0 Å². The van der Waals surface area contributed by atoms with E-state index < -0.39 is 35.5 Å². The summed E-state index contributed by atoms with van der Waals surface area (Å²) in [6.07, 6.45) is 2.76. The molecule has 9 N–H and O–H groups in total. The molecule has 4 aromatic heterocycles. The minimum Gasteiger partial charge on any atom is -0.497 e. The molecule has 360 valence electrons. The van der Waals surface area contributed by atoms with Crippen LogP contribution >= 0.6 is 0 Å². The molecule has 3 amide bonds. The molecule has 8 aromatic rings. The number of hydrogen-bond donors (Lipinski definition) is 6. The second kappa shape index (κ2) is 21.7. The summed E-state index contributed by atoms with van der Waals surface area (Å²) < 4.78 is 13.7. The first-order valence-corrected chi connectivity index (χ1v) is 22.6. The molecule has 69 heavy (non-hydrogen) atoms. The Kier molecular flexibility index (Phi) is 15.3. The molecule has 0 aliphatic heterocycles. The third-order valence-electron chi connectivity index (χ3n) is 11.5. The summed E-state index contributed by atoms with van der Waals surface area (Å²) in [5, 5.41) is 26.9. The number of nitrogens with zero attached hydrogens (tertiary/aromatic N) is 9. The zero-order valence-electron chi connectivity index (χ0n) is 39.3. The number of nitrogens with one attached hydrogen (secondary N) is 2. The van der Waals surface area contributed by atoms with Crippen molar-refractivity contribution in [1.82, 2.24) is 44.1 Å². The van der Waals surface area contributed by atoms with Gasteiger partial charge in [0.1, 0.15) is 23.6 Å². The van der Waals surface area contributed by atoms with E-state index in [0.29, 0.717) is 79.1 Å². The third-order valence-corrected chi connectivity index (χ3v) is 11.5. The second-order valence-corrected chi connectivity index (χ2v) is 17.3. The maximum atomic E-state index is 12.4. The van der Waals surface area contributed by atoms with Gasteiger partial charge in [0.05, 0.1) is 25.3 Å². The van der Waals surface area contributed by atoms with Crippen LogP contribution in [0.25, 0.3) is 55.9 Å². The van der Waals surface area contributed by atoms with E-state index in [1.807, 2.05) is 118 Å². The first kappa shape index (κ1) is 48.8. The number of para-hydroxylation sites is 2. The van der Waals surface area contributed by atoms with Crippen molar-refractivity contribution in [3.05, 3.63) is 97.1 Å². The lowest BCUT2D eigenvalue weighted by Crippen LogP contribution is -2.45. The number of anilines is 2. The maximum Gasteiger partial charge on any atom is 0.407 e. The Morgan fingerprint density at radius 3 is 1.43 bits per heavy atom. The van der Waals surface area contributed by atoms with Crippen molar-refractivity contribution in [3.63, 3.8) is 0 Å². The zero-order chi connectivity index (χ0) is 49.2. The first-order valence-electron chi connectivity index (χ1n) is 22.6. The Hall–Kier alpha value is -8.13. The smallest absolute Gasteiger partial charge is 0.407 e. The van der Waals surface area contributed by atoms with E-state index in [4.69, 9.17) is 41.6 Å². The number of primary amides is 2. The van der Waals surface area contributed by atoms with Crippen LogP contribution < -0.4 is 37.3 Å². The fourth-order valence-corrected chi connectivity index (χ4v) is 7.74. The van der Waals surface area contributed by atoms with Crippen LogP contribution in [-0.2, 0) is 9.59 Å². The highest BCUT2D eigenvalue weighted by molar-refractivity contribution is 5.94. The molecule has 4 heterocycles. The number of nitrogens with two attached hydrogens (primary N) is 3. The van der Waals surface area contributed by atoms with Gasteiger partial charge in [-0.25, -0.2) is 24.7 Å². The van der Waals surface area contributed by atoms with Crippen molar-refractivity contribution in [3.8, 4) is 34.3 Å². The van der Waals surface area contributed by atoms with Crippen LogP contribution in [0.3, 0.4) is 0 Å². The number of ether oxygens (including phenoxy) is 2. The van der Waals surface area contributed by atoms with Crippen molar-refractivity contribution >= 4 is 62.9 Å². The third kappa shape index (κ3) is 11.5. The summed E-state index contributed by atoms with van der Waals surface area (Å²) in [7, 11) is 3.23. The molecule has 0 saturated carbocycles. The number of aromatic nitrogens is 8. The van der Waals surface area contributed by atoms with Crippen molar-refractivity contribution in [2.24, 2.45) is 17.2 Å². The van der Waals surface area contributed by atoms with Gasteiger partial charge in [0.2, 0.25) is 23.7 Å². The Morgan fingerprint density at radius 2 is 1.06 bits per heavy atom. The number of rotatable bonds is 19. The van der Waals surface area contributed by atoms with Gasteiger partial charge in [-0.05, 0) is 139 Å². The van der Waals surface area contributed by atoms with Crippen LogP contribution in [0.4, 0.5) is 16.7 Å². The van der Waals surface area contributed by atoms with Gasteiger partial charge in [0.15, 0.2) is 22.9 Å². The molecule has 4 aromatic carbocycles. The molecule has 0 saturated heterocycles. The number of carbonyl (C=O) groups excluding carboxylic acids is 2. The SMILES string of the molecule is COc1ccc(-c2nc3c4ccccc4nc(N[C@@H](CCCCN(C(=O)O)C(C)(C)C)C(N)=O)n3n2)cc1.COc1ccc(-c2nc3c4ccccc4nc(N[C@@H](CCCCN)C(N)=O)n3n2)cc1. The van der Waals surface area contributed by atoms with E-state index >= 15 is 0 Å². The average Bonchev–Trinajstić information content (AvgIpc) is 4.00. The Labute approximate surface area is 398 Å². The summed E-state index contributed by atoms with van der Waals surface area (Å²) in [6.45, 7) is 6.48. The number of carbonyl (C=O) groups is 3. The molecule has 0 radical (unpaired) electrons. The normalized spacial score (nSPS) is 12.3. The molecule has 8 rings (SSSR count). The van der Waals surface area contributed by atoms with Crippen LogP contribution in [0.15, 0.2) is 97.1 Å². The summed E-state index contributed by atoms with van der Waals surface area (Å²) in [6, 6.07) is 28.9. The second-order valence-electron chi connectivity index (χ2n) is 17.3. The van der Waals surface area contributed by atoms with Gasteiger partial charge in [-0.2, -0.15) is 9.03 Å². The predicted molar refractivity (Wildman–Crippen MR) is 265 cm³/mol. The number of carboxylic acid groups (broad SMARTS) is 1. The Balaban J connectivity index is 0.000000208. The van der Waals surface area contributed by atoms with Gasteiger partial charge < -0.3 is 47.3 Å². The lowest BCUT2D eigenvalue weighted by molar-refractivity contribution is -0.119. The predicted octanol–water partition coefficient (Wildman–Crippen LogP) is 6.52. The van der Waals surface area contributed by atoms with Crippen LogP contribution in [-0.4, -0.2) is 112 Å². The van der Waals surface area contributed by atoms with E-state index in [2.05, 4.69) is 25.8 Å². The van der Waals surface area contributed by atoms with E-state index in [-0.39, 0.29) is 0 Å². The molecule has 20 nitrogen and oxygen atoms in total. The molecular weight excluding hydrogens is 881 g/mol. The summed E-state index contributed by atoms with van der Waals surface area (Å²) >= 11 is 0.